The molecule has 1 rings (SSSR count). The fourth-order valence-corrected chi connectivity index (χ4v) is 1.42. The van der Waals surface area contributed by atoms with Crippen LogP contribution in [0.15, 0.2) is 18.2 Å². The smallest absolute Gasteiger partial charge is 0.216 e. The molecule has 0 unspecified atom stereocenters. The van der Waals surface area contributed by atoms with Gasteiger partial charge in [-0.15, -0.1) is 0 Å². The number of nitrogens with two attached hydrogens (primary N) is 1. The van der Waals surface area contributed by atoms with Crippen LogP contribution in [0.3, 0.4) is 0 Å². The predicted molar refractivity (Wildman–Crippen MR) is 69.2 cm³/mol. The molecular formula is C12H19N3O2. The minimum Gasteiger partial charge on any atom is -0.494 e. The van der Waals surface area contributed by atoms with Gasteiger partial charge in [0.2, 0.25) is 5.91 Å². The van der Waals surface area contributed by atoms with E-state index in [-0.39, 0.29) is 5.91 Å². The molecule has 1 aromatic rings. The molecule has 0 fully saturated rings. The molecule has 0 aliphatic rings. The van der Waals surface area contributed by atoms with Crippen molar-refractivity contribution < 1.29 is 9.53 Å². The molecule has 0 aliphatic carbocycles. The van der Waals surface area contributed by atoms with Crippen LogP contribution in [0.4, 0.5) is 11.4 Å². The molecule has 1 amide bonds. The monoisotopic (exact) mass is 237 g/mol. The zero-order valence-electron chi connectivity index (χ0n) is 10.2. The number of anilines is 2. The van der Waals surface area contributed by atoms with Crippen LogP contribution < -0.4 is 21.1 Å². The summed E-state index contributed by atoms with van der Waals surface area (Å²) >= 11 is 0. The van der Waals surface area contributed by atoms with Gasteiger partial charge in [0.05, 0.1) is 6.61 Å². The Bertz CT molecular complexity index is 380. The first-order chi connectivity index (χ1) is 8.11. The number of carbonyl (C=O) groups is 1. The van der Waals surface area contributed by atoms with E-state index in [9.17, 15) is 4.79 Å². The summed E-state index contributed by atoms with van der Waals surface area (Å²) in [6, 6.07) is 5.49. The van der Waals surface area contributed by atoms with Crippen LogP contribution >= 0.6 is 0 Å². The molecular weight excluding hydrogens is 218 g/mol. The summed E-state index contributed by atoms with van der Waals surface area (Å²) in [5.74, 6) is 0.712. The maximum atomic E-state index is 10.7. The van der Waals surface area contributed by atoms with Crippen molar-refractivity contribution in [3.63, 3.8) is 0 Å². The largest absolute Gasteiger partial charge is 0.494 e. The van der Waals surface area contributed by atoms with Gasteiger partial charge in [-0.3, -0.25) is 4.79 Å². The first-order valence-electron chi connectivity index (χ1n) is 5.63. The Morgan fingerprint density at radius 2 is 2.12 bits per heavy atom. The fourth-order valence-electron chi connectivity index (χ4n) is 1.42. The van der Waals surface area contributed by atoms with Crippen molar-refractivity contribution in [1.29, 1.82) is 0 Å². The van der Waals surface area contributed by atoms with Gasteiger partial charge >= 0.3 is 0 Å². The van der Waals surface area contributed by atoms with E-state index in [1.165, 1.54) is 6.92 Å². The van der Waals surface area contributed by atoms with Gasteiger partial charge in [-0.1, -0.05) is 0 Å². The maximum Gasteiger partial charge on any atom is 0.216 e. The number of nitrogens with one attached hydrogen (secondary N) is 2. The Morgan fingerprint density at radius 3 is 2.76 bits per heavy atom. The van der Waals surface area contributed by atoms with Gasteiger partial charge < -0.3 is 21.1 Å². The van der Waals surface area contributed by atoms with Crippen molar-refractivity contribution in [3.05, 3.63) is 18.2 Å². The van der Waals surface area contributed by atoms with E-state index in [1.807, 2.05) is 19.1 Å². The van der Waals surface area contributed by atoms with E-state index in [4.69, 9.17) is 10.5 Å². The molecule has 0 bridgehead atoms. The number of nitrogen functional groups attached to an aromatic ring is 1. The zero-order valence-corrected chi connectivity index (χ0v) is 10.2. The Labute approximate surface area is 101 Å². The third-order valence-corrected chi connectivity index (χ3v) is 2.07. The van der Waals surface area contributed by atoms with Gasteiger partial charge in [0.1, 0.15) is 5.75 Å². The van der Waals surface area contributed by atoms with E-state index < -0.39 is 0 Å². The van der Waals surface area contributed by atoms with Gasteiger partial charge in [-0.2, -0.15) is 0 Å². The molecule has 5 nitrogen and oxygen atoms in total. The van der Waals surface area contributed by atoms with E-state index in [0.29, 0.717) is 25.4 Å². The minimum absolute atomic E-state index is 0.0330. The Morgan fingerprint density at radius 1 is 1.35 bits per heavy atom. The second kappa shape index (κ2) is 6.62. The van der Waals surface area contributed by atoms with Crippen LogP contribution in [0.1, 0.15) is 13.8 Å². The van der Waals surface area contributed by atoms with Gasteiger partial charge in [0.25, 0.3) is 0 Å². The van der Waals surface area contributed by atoms with Crippen molar-refractivity contribution >= 4 is 17.3 Å². The molecule has 17 heavy (non-hydrogen) atoms. The van der Waals surface area contributed by atoms with Crippen LogP contribution in [-0.2, 0) is 4.79 Å². The average molecular weight is 237 g/mol. The third kappa shape index (κ3) is 5.10. The topological polar surface area (TPSA) is 76.4 Å². The summed E-state index contributed by atoms with van der Waals surface area (Å²) in [5.41, 5.74) is 7.29. The van der Waals surface area contributed by atoms with Gasteiger partial charge in [0.15, 0.2) is 0 Å². The van der Waals surface area contributed by atoms with Crippen molar-refractivity contribution in [2.75, 3.05) is 30.7 Å². The molecule has 94 valence electrons. The van der Waals surface area contributed by atoms with E-state index in [0.717, 1.165) is 11.4 Å². The molecule has 0 spiro atoms. The Kier molecular flexibility index (Phi) is 5.13. The molecule has 0 aromatic heterocycles. The number of amides is 1. The summed E-state index contributed by atoms with van der Waals surface area (Å²) in [6.07, 6.45) is 0. The van der Waals surface area contributed by atoms with Crippen molar-refractivity contribution in [2.24, 2.45) is 0 Å². The minimum atomic E-state index is -0.0330. The molecule has 4 N–H and O–H groups in total. The van der Waals surface area contributed by atoms with Gasteiger partial charge in [-0.05, 0) is 13.0 Å². The lowest BCUT2D eigenvalue weighted by Gasteiger charge is -2.10. The second-order valence-corrected chi connectivity index (χ2v) is 3.63. The van der Waals surface area contributed by atoms with Crippen LogP contribution in [0, 0.1) is 0 Å². The van der Waals surface area contributed by atoms with Gasteiger partial charge in [-0.25, -0.2) is 0 Å². The van der Waals surface area contributed by atoms with Crippen molar-refractivity contribution in [2.45, 2.75) is 13.8 Å². The van der Waals surface area contributed by atoms with E-state index in [1.54, 1.807) is 6.07 Å². The standard InChI is InChI=1S/C12H19N3O2/c1-3-17-12-7-10(13)6-11(8-12)15-5-4-14-9(2)16/h6-8,15H,3-5,13H2,1-2H3,(H,14,16). The Balaban J connectivity index is 2.49. The molecule has 1 aromatic carbocycles. The lowest BCUT2D eigenvalue weighted by molar-refractivity contribution is -0.118. The number of benzene rings is 1. The molecule has 0 heterocycles. The van der Waals surface area contributed by atoms with E-state index >= 15 is 0 Å². The summed E-state index contributed by atoms with van der Waals surface area (Å²) in [7, 11) is 0. The molecule has 5 heteroatoms. The van der Waals surface area contributed by atoms with Crippen LogP contribution in [0.25, 0.3) is 0 Å². The highest BCUT2D eigenvalue weighted by Gasteiger charge is 1.99. The molecule has 0 saturated carbocycles. The third-order valence-electron chi connectivity index (χ3n) is 2.07. The normalized spacial score (nSPS) is 9.76. The molecule has 0 aliphatic heterocycles. The summed E-state index contributed by atoms with van der Waals surface area (Å²) in [4.78, 5) is 10.7. The lowest BCUT2D eigenvalue weighted by atomic mass is 10.2. The molecule has 0 atom stereocenters. The number of rotatable bonds is 6. The number of ether oxygens (including phenoxy) is 1. The summed E-state index contributed by atoms with van der Waals surface area (Å²) in [5, 5.41) is 5.87. The number of hydrogen-bond donors (Lipinski definition) is 3. The van der Waals surface area contributed by atoms with Crippen LogP contribution in [0.2, 0.25) is 0 Å². The quantitative estimate of drug-likeness (QED) is 0.513. The summed E-state index contributed by atoms with van der Waals surface area (Å²) < 4.78 is 5.38. The highest BCUT2D eigenvalue weighted by molar-refractivity contribution is 5.72. The van der Waals surface area contributed by atoms with Crippen molar-refractivity contribution in [3.8, 4) is 5.75 Å². The first kappa shape index (κ1) is 13.2. The van der Waals surface area contributed by atoms with E-state index in [2.05, 4.69) is 10.6 Å². The molecule has 0 saturated heterocycles. The highest BCUT2D eigenvalue weighted by atomic mass is 16.5. The number of hydrogen-bond acceptors (Lipinski definition) is 4. The maximum absolute atomic E-state index is 10.7. The average Bonchev–Trinajstić information content (AvgIpc) is 2.24. The SMILES string of the molecule is CCOc1cc(N)cc(NCCNC(C)=O)c1. The van der Waals surface area contributed by atoms with Gasteiger partial charge in [0, 0.05) is 43.5 Å². The first-order valence-corrected chi connectivity index (χ1v) is 5.63. The fraction of sp³-hybridized carbons (Fsp3) is 0.417. The highest BCUT2D eigenvalue weighted by Crippen LogP contribution is 2.22. The number of carbonyl (C=O) groups excluding carboxylic acids is 1. The van der Waals surface area contributed by atoms with Crippen LogP contribution in [-0.4, -0.2) is 25.6 Å². The lowest BCUT2D eigenvalue weighted by Crippen LogP contribution is -2.26. The Hall–Kier alpha value is -1.91. The molecule has 0 radical (unpaired) electrons. The predicted octanol–water partition coefficient (Wildman–Crippen LogP) is 1.22. The van der Waals surface area contributed by atoms with Crippen molar-refractivity contribution in [1.82, 2.24) is 5.32 Å². The zero-order chi connectivity index (χ0) is 12.7. The summed E-state index contributed by atoms with van der Waals surface area (Å²) in [6.45, 7) is 5.25. The van der Waals surface area contributed by atoms with Crippen LogP contribution in [0.5, 0.6) is 5.75 Å². The second-order valence-electron chi connectivity index (χ2n) is 3.63.